The molecule has 23 heavy (non-hydrogen) atoms. The number of ether oxygens (including phenoxy) is 1. The van der Waals surface area contributed by atoms with Gasteiger partial charge in [-0.25, -0.2) is 9.67 Å². The Morgan fingerprint density at radius 2 is 2.35 bits per heavy atom. The Balaban J connectivity index is 1.84. The largest absolute Gasteiger partial charge is 0.394 e. The number of aliphatic hydroxyl groups is 1. The molecule has 2 atom stereocenters. The fourth-order valence-electron chi connectivity index (χ4n) is 2.84. The van der Waals surface area contributed by atoms with Gasteiger partial charge in [-0.2, -0.15) is 0 Å². The van der Waals surface area contributed by atoms with Crippen molar-refractivity contribution in [2.45, 2.75) is 49.9 Å². The summed E-state index contributed by atoms with van der Waals surface area (Å²) in [6.07, 6.45) is 3.73. The first kappa shape index (κ1) is 16.4. The van der Waals surface area contributed by atoms with Gasteiger partial charge in [-0.3, -0.25) is 9.78 Å². The number of nitrogens with zero attached hydrogens (tertiary/aromatic N) is 4. The molecule has 2 aromatic rings. The Morgan fingerprint density at radius 3 is 3.13 bits per heavy atom. The molecule has 1 saturated carbocycles. The van der Waals surface area contributed by atoms with Crippen LogP contribution in [0.15, 0.2) is 9.95 Å². The van der Waals surface area contributed by atoms with Crippen LogP contribution in [0.3, 0.4) is 0 Å². The maximum Gasteiger partial charge on any atom is 0.281 e. The van der Waals surface area contributed by atoms with Crippen LogP contribution in [-0.4, -0.2) is 55.1 Å². The Morgan fingerprint density at radius 1 is 1.48 bits per heavy atom. The van der Waals surface area contributed by atoms with Crippen molar-refractivity contribution in [3.05, 3.63) is 10.4 Å². The number of rotatable bonds is 7. The first-order chi connectivity index (χ1) is 11.2. The fraction of sp³-hybridized carbons (Fsp3) is 0.714. The van der Waals surface area contributed by atoms with Gasteiger partial charge in [0.1, 0.15) is 0 Å². The first-order valence-electron chi connectivity index (χ1n) is 7.93. The zero-order chi connectivity index (χ0) is 16.2. The van der Waals surface area contributed by atoms with Crippen molar-refractivity contribution >= 4 is 22.9 Å². The predicted molar refractivity (Wildman–Crippen MR) is 86.7 cm³/mol. The number of hydrogen-bond donors (Lipinski definition) is 2. The molecule has 0 saturated heterocycles. The van der Waals surface area contributed by atoms with Gasteiger partial charge in [0.05, 0.1) is 25.4 Å². The lowest BCUT2D eigenvalue weighted by Gasteiger charge is -2.12. The van der Waals surface area contributed by atoms with Crippen LogP contribution in [0.4, 0.5) is 0 Å². The predicted octanol–water partition coefficient (Wildman–Crippen LogP) is 1.12. The minimum absolute atomic E-state index is 0.0301. The highest BCUT2D eigenvalue weighted by Gasteiger charge is 2.29. The summed E-state index contributed by atoms with van der Waals surface area (Å²) in [5, 5.41) is 17.6. The second-order valence-electron chi connectivity index (χ2n) is 5.61. The average molecular weight is 339 g/mol. The summed E-state index contributed by atoms with van der Waals surface area (Å²) in [5.41, 5.74) is 0.580. The van der Waals surface area contributed by atoms with E-state index in [4.69, 9.17) is 9.84 Å². The quantitative estimate of drug-likeness (QED) is 0.575. The minimum Gasteiger partial charge on any atom is -0.394 e. The number of nitrogens with one attached hydrogen (secondary N) is 1. The molecule has 0 spiro atoms. The summed E-state index contributed by atoms with van der Waals surface area (Å²) in [5.74, 6) is 0.899. The van der Waals surface area contributed by atoms with Crippen LogP contribution in [-0.2, 0) is 4.74 Å². The van der Waals surface area contributed by atoms with Crippen LogP contribution in [0.5, 0.6) is 0 Å². The van der Waals surface area contributed by atoms with E-state index in [1.807, 2.05) is 0 Å². The van der Waals surface area contributed by atoms with Gasteiger partial charge >= 0.3 is 0 Å². The van der Waals surface area contributed by atoms with Gasteiger partial charge in [0, 0.05) is 5.75 Å². The van der Waals surface area contributed by atoms with Crippen molar-refractivity contribution in [3.8, 4) is 0 Å². The van der Waals surface area contributed by atoms with Gasteiger partial charge in [-0.1, -0.05) is 23.9 Å². The van der Waals surface area contributed by atoms with Crippen molar-refractivity contribution in [1.29, 1.82) is 0 Å². The molecule has 1 fully saturated rings. The van der Waals surface area contributed by atoms with E-state index in [2.05, 4.69) is 27.2 Å². The highest BCUT2D eigenvalue weighted by molar-refractivity contribution is 7.99. The van der Waals surface area contributed by atoms with Gasteiger partial charge in [0.2, 0.25) is 0 Å². The minimum atomic E-state index is -0.245. The number of aromatic amines is 1. The molecule has 0 radical (unpaired) electrons. The van der Waals surface area contributed by atoms with Gasteiger partial charge in [0.25, 0.3) is 5.56 Å². The lowest BCUT2D eigenvalue weighted by molar-refractivity contribution is 0.0309. The molecular formula is C14H21N5O3S. The highest BCUT2D eigenvalue weighted by atomic mass is 32.2. The molecule has 126 valence electrons. The summed E-state index contributed by atoms with van der Waals surface area (Å²) >= 11 is 1.53. The Labute approximate surface area is 137 Å². The van der Waals surface area contributed by atoms with Crippen LogP contribution in [0, 0.1) is 0 Å². The molecule has 0 aromatic carbocycles. The van der Waals surface area contributed by atoms with Gasteiger partial charge in [-0.05, 0) is 25.7 Å². The van der Waals surface area contributed by atoms with E-state index >= 15 is 0 Å². The number of hydrogen-bond acceptors (Lipinski definition) is 7. The Hall–Kier alpha value is -1.45. The number of H-pyrrole nitrogens is 1. The van der Waals surface area contributed by atoms with Crippen LogP contribution in [0.1, 0.15) is 38.6 Å². The zero-order valence-electron chi connectivity index (χ0n) is 13.1. The smallest absolute Gasteiger partial charge is 0.281 e. The summed E-state index contributed by atoms with van der Waals surface area (Å²) < 4.78 is 7.34. The van der Waals surface area contributed by atoms with Crippen LogP contribution >= 0.6 is 11.8 Å². The summed E-state index contributed by atoms with van der Waals surface area (Å²) in [7, 11) is 0. The third-order valence-corrected chi connectivity index (χ3v) is 4.98. The number of fused-ring (bicyclic) bond motifs is 1. The maximum absolute atomic E-state index is 12.1. The van der Waals surface area contributed by atoms with Crippen molar-refractivity contribution in [2.24, 2.45) is 0 Å². The molecule has 8 nitrogen and oxygen atoms in total. The molecule has 0 bridgehead atoms. The molecule has 2 N–H and O–H groups in total. The second-order valence-corrected chi connectivity index (χ2v) is 6.69. The average Bonchev–Trinajstić information content (AvgIpc) is 3.17. The fourth-order valence-corrected chi connectivity index (χ4v) is 3.56. The summed E-state index contributed by atoms with van der Waals surface area (Å²) in [6.45, 7) is 2.47. The van der Waals surface area contributed by atoms with E-state index in [0.29, 0.717) is 17.4 Å². The van der Waals surface area contributed by atoms with Gasteiger partial charge in [0.15, 0.2) is 16.3 Å². The number of aliphatic hydroxyl groups excluding tert-OH is 1. The van der Waals surface area contributed by atoms with Gasteiger partial charge < -0.3 is 9.84 Å². The molecule has 2 heterocycles. The SMILES string of the molecule is CCCSc1nc2c(nnn2C2CCC(OCCO)C2)c(=O)[nH]1. The third-order valence-electron chi connectivity index (χ3n) is 3.90. The first-order valence-corrected chi connectivity index (χ1v) is 8.92. The lowest BCUT2D eigenvalue weighted by atomic mass is 10.2. The standard InChI is InChI=1S/C14H21N5O3S/c1-2-7-23-14-15-12-11(13(21)16-14)17-18-19(12)9-3-4-10(8-9)22-6-5-20/h9-10,20H,2-8H2,1H3,(H,15,16,21). The molecule has 9 heteroatoms. The Bertz CT molecular complexity index is 716. The summed E-state index contributed by atoms with van der Waals surface area (Å²) in [4.78, 5) is 19.4. The molecule has 2 aromatic heterocycles. The Kier molecular flexibility index (Phi) is 5.29. The molecular weight excluding hydrogens is 318 g/mol. The number of thioether (sulfide) groups is 1. The second kappa shape index (κ2) is 7.41. The van der Waals surface area contributed by atoms with E-state index in [1.165, 1.54) is 11.8 Å². The topological polar surface area (TPSA) is 106 Å². The third kappa shape index (κ3) is 3.56. The van der Waals surface area contributed by atoms with Crippen molar-refractivity contribution < 1.29 is 9.84 Å². The van der Waals surface area contributed by atoms with Gasteiger partial charge in [-0.15, -0.1) is 5.10 Å². The zero-order valence-corrected chi connectivity index (χ0v) is 13.9. The van der Waals surface area contributed by atoms with Crippen molar-refractivity contribution in [1.82, 2.24) is 25.0 Å². The van der Waals surface area contributed by atoms with E-state index in [0.717, 1.165) is 31.4 Å². The highest BCUT2D eigenvalue weighted by Crippen LogP contribution is 2.32. The normalized spacial score (nSPS) is 21.3. The van der Waals surface area contributed by atoms with Crippen LogP contribution in [0.2, 0.25) is 0 Å². The van der Waals surface area contributed by atoms with E-state index in [9.17, 15) is 4.79 Å². The monoisotopic (exact) mass is 339 g/mol. The van der Waals surface area contributed by atoms with Crippen molar-refractivity contribution in [2.75, 3.05) is 19.0 Å². The maximum atomic E-state index is 12.1. The number of aromatic nitrogens is 5. The molecule has 1 aliphatic rings. The summed E-state index contributed by atoms with van der Waals surface area (Å²) in [6, 6.07) is 0.127. The van der Waals surface area contributed by atoms with Crippen LogP contribution in [0.25, 0.3) is 11.2 Å². The van der Waals surface area contributed by atoms with E-state index < -0.39 is 0 Å². The molecule has 1 aliphatic carbocycles. The lowest BCUT2D eigenvalue weighted by Crippen LogP contribution is -2.15. The molecule has 3 rings (SSSR count). The molecule has 0 amide bonds. The molecule has 0 aliphatic heterocycles. The van der Waals surface area contributed by atoms with E-state index in [-0.39, 0.29) is 29.8 Å². The van der Waals surface area contributed by atoms with E-state index in [1.54, 1.807) is 4.68 Å². The molecule has 2 unspecified atom stereocenters. The van der Waals surface area contributed by atoms with Crippen LogP contribution < -0.4 is 5.56 Å². The van der Waals surface area contributed by atoms with Crippen molar-refractivity contribution in [3.63, 3.8) is 0 Å².